The lowest BCUT2D eigenvalue weighted by molar-refractivity contribution is 1.45. The molecular weight excluding hydrogens is 242 g/mol. The van der Waals surface area contributed by atoms with Crippen LogP contribution < -0.4 is 5.73 Å². The molecule has 11 heavy (non-hydrogen) atoms. The van der Waals surface area contributed by atoms with Gasteiger partial charge in [0.2, 0.25) is 0 Å². The van der Waals surface area contributed by atoms with Crippen LogP contribution in [0.4, 0.5) is 5.69 Å². The van der Waals surface area contributed by atoms with Gasteiger partial charge in [-0.1, -0.05) is 37.5 Å². The van der Waals surface area contributed by atoms with Gasteiger partial charge in [-0.2, -0.15) is 0 Å². The largest absolute Gasteiger partial charge is 0.398 e. The molecule has 1 rings (SSSR count). The van der Waals surface area contributed by atoms with Crippen LogP contribution in [-0.4, -0.2) is 6.26 Å². The molecule has 0 unspecified atom stereocenters. The van der Waals surface area contributed by atoms with Crippen molar-refractivity contribution in [2.75, 3.05) is 12.0 Å². The summed E-state index contributed by atoms with van der Waals surface area (Å²) >= 11 is 3.39. The molecule has 0 saturated carbocycles. The van der Waals surface area contributed by atoms with Crippen LogP contribution >= 0.6 is 37.5 Å². The Kier molecular flexibility index (Phi) is 3.62. The fourth-order valence-corrected chi connectivity index (χ4v) is 2.67. The van der Waals surface area contributed by atoms with Crippen molar-refractivity contribution in [1.82, 2.24) is 0 Å². The van der Waals surface area contributed by atoms with E-state index >= 15 is 0 Å². The van der Waals surface area contributed by atoms with Crippen molar-refractivity contribution >= 4 is 43.2 Å². The molecule has 0 fully saturated rings. The zero-order chi connectivity index (χ0) is 8.27. The minimum Gasteiger partial charge on any atom is -0.398 e. The summed E-state index contributed by atoms with van der Waals surface area (Å²) in [6.45, 7) is 0. The highest BCUT2D eigenvalue weighted by molar-refractivity contribution is 9.10. The Morgan fingerprint density at radius 2 is 2.18 bits per heavy atom. The molecule has 2 N–H and O–H groups in total. The van der Waals surface area contributed by atoms with Gasteiger partial charge < -0.3 is 5.73 Å². The summed E-state index contributed by atoms with van der Waals surface area (Å²) in [4.78, 5) is 1.12. The van der Waals surface area contributed by atoms with E-state index in [0.717, 1.165) is 15.1 Å². The Labute approximate surface area is 82.6 Å². The highest BCUT2D eigenvalue weighted by Gasteiger charge is 1.98. The number of nitrogen functional groups attached to an aromatic ring is 1. The Morgan fingerprint density at radius 3 is 2.82 bits per heavy atom. The van der Waals surface area contributed by atoms with Gasteiger partial charge in [0, 0.05) is 15.1 Å². The van der Waals surface area contributed by atoms with Crippen molar-refractivity contribution < 1.29 is 0 Å². The van der Waals surface area contributed by atoms with E-state index in [1.807, 2.05) is 24.5 Å². The molecule has 0 aliphatic carbocycles. The van der Waals surface area contributed by atoms with Crippen LogP contribution in [0.25, 0.3) is 0 Å². The van der Waals surface area contributed by atoms with Crippen LogP contribution in [0.1, 0.15) is 0 Å². The number of anilines is 1. The summed E-state index contributed by atoms with van der Waals surface area (Å²) in [6.07, 6.45) is 2.03. The SMILES string of the molecule is CSSc1cc(Br)ccc1N. The van der Waals surface area contributed by atoms with E-state index in [2.05, 4.69) is 15.9 Å². The van der Waals surface area contributed by atoms with Crippen molar-refractivity contribution in [2.45, 2.75) is 4.90 Å². The lowest BCUT2D eigenvalue weighted by Gasteiger charge is -2.02. The van der Waals surface area contributed by atoms with Crippen LogP contribution in [0.5, 0.6) is 0 Å². The predicted molar refractivity (Wildman–Crippen MR) is 57.9 cm³/mol. The van der Waals surface area contributed by atoms with Crippen molar-refractivity contribution in [3.63, 3.8) is 0 Å². The molecule has 0 spiro atoms. The summed E-state index contributed by atoms with van der Waals surface area (Å²) in [5, 5.41) is 0. The fraction of sp³-hybridized carbons (Fsp3) is 0.143. The standard InChI is InChI=1S/C7H8BrNS2/c1-10-11-7-4-5(8)2-3-6(7)9/h2-4H,9H2,1H3. The maximum absolute atomic E-state index is 5.72. The third-order valence-corrected chi connectivity index (χ3v) is 3.38. The second-order valence-corrected chi connectivity index (χ2v) is 5.29. The van der Waals surface area contributed by atoms with Crippen LogP contribution in [0.15, 0.2) is 27.6 Å². The van der Waals surface area contributed by atoms with Gasteiger partial charge >= 0.3 is 0 Å². The average Bonchev–Trinajstić information content (AvgIpc) is 1.98. The first-order valence-electron chi connectivity index (χ1n) is 2.99. The summed E-state index contributed by atoms with van der Waals surface area (Å²) < 4.78 is 1.07. The van der Waals surface area contributed by atoms with Gasteiger partial charge in [0.1, 0.15) is 0 Å². The van der Waals surface area contributed by atoms with E-state index in [0.29, 0.717) is 0 Å². The number of halogens is 1. The highest BCUT2D eigenvalue weighted by Crippen LogP contribution is 2.34. The molecular formula is C7H8BrNS2. The van der Waals surface area contributed by atoms with E-state index in [4.69, 9.17) is 5.73 Å². The monoisotopic (exact) mass is 249 g/mol. The minimum absolute atomic E-state index is 0.840. The first kappa shape index (κ1) is 9.29. The van der Waals surface area contributed by atoms with Gasteiger partial charge in [-0.3, -0.25) is 0 Å². The Hall–Kier alpha value is 0.200. The molecule has 0 amide bonds. The van der Waals surface area contributed by atoms with E-state index in [9.17, 15) is 0 Å². The van der Waals surface area contributed by atoms with E-state index < -0.39 is 0 Å². The van der Waals surface area contributed by atoms with Crippen LogP contribution in [0.2, 0.25) is 0 Å². The lowest BCUT2D eigenvalue weighted by Crippen LogP contribution is -1.86. The van der Waals surface area contributed by atoms with Gasteiger partial charge in [0.15, 0.2) is 0 Å². The predicted octanol–water partition coefficient (Wildman–Crippen LogP) is 3.40. The number of hydrogen-bond donors (Lipinski definition) is 1. The van der Waals surface area contributed by atoms with Crippen molar-refractivity contribution in [2.24, 2.45) is 0 Å². The average molecular weight is 250 g/mol. The second-order valence-electron chi connectivity index (χ2n) is 1.93. The molecule has 0 atom stereocenters. The van der Waals surface area contributed by atoms with Gasteiger partial charge in [-0.25, -0.2) is 0 Å². The topological polar surface area (TPSA) is 26.0 Å². The van der Waals surface area contributed by atoms with Gasteiger partial charge in [0.25, 0.3) is 0 Å². The Bertz CT molecular complexity index is 252. The van der Waals surface area contributed by atoms with E-state index in [1.54, 1.807) is 21.6 Å². The van der Waals surface area contributed by atoms with Gasteiger partial charge in [-0.15, -0.1) is 0 Å². The number of hydrogen-bond acceptors (Lipinski definition) is 3. The summed E-state index contributed by atoms with van der Waals surface area (Å²) in [6, 6.07) is 5.87. The summed E-state index contributed by atoms with van der Waals surface area (Å²) in [5.74, 6) is 0. The number of rotatable bonds is 2. The third kappa shape index (κ3) is 2.61. The molecule has 4 heteroatoms. The molecule has 0 heterocycles. The summed E-state index contributed by atoms with van der Waals surface area (Å²) in [7, 11) is 3.37. The molecule has 0 radical (unpaired) electrons. The Balaban J connectivity index is 2.93. The van der Waals surface area contributed by atoms with Gasteiger partial charge in [0.05, 0.1) is 0 Å². The van der Waals surface area contributed by atoms with Crippen LogP contribution in [-0.2, 0) is 0 Å². The number of benzene rings is 1. The normalized spacial score (nSPS) is 10.0. The minimum atomic E-state index is 0.840. The van der Waals surface area contributed by atoms with Crippen LogP contribution in [0.3, 0.4) is 0 Å². The molecule has 0 bridgehead atoms. The van der Waals surface area contributed by atoms with E-state index in [-0.39, 0.29) is 0 Å². The molecule has 0 aromatic heterocycles. The second kappa shape index (κ2) is 4.28. The molecule has 0 aliphatic heterocycles. The van der Waals surface area contributed by atoms with Crippen molar-refractivity contribution in [1.29, 1.82) is 0 Å². The molecule has 1 aromatic rings. The third-order valence-electron chi connectivity index (χ3n) is 1.15. The van der Waals surface area contributed by atoms with Crippen LogP contribution in [0, 0.1) is 0 Å². The van der Waals surface area contributed by atoms with E-state index in [1.165, 1.54) is 0 Å². The molecule has 1 aromatic carbocycles. The zero-order valence-electron chi connectivity index (χ0n) is 6.00. The first-order valence-corrected chi connectivity index (χ1v) is 6.35. The lowest BCUT2D eigenvalue weighted by atomic mass is 10.3. The quantitative estimate of drug-likeness (QED) is 0.643. The van der Waals surface area contributed by atoms with Crippen molar-refractivity contribution in [3.8, 4) is 0 Å². The summed E-state index contributed by atoms with van der Waals surface area (Å²) in [5.41, 5.74) is 6.56. The van der Waals surface area contributed by atoms with Crippen molar-refractivity contribution in [3.05, 3.63) is 22.7 Å². The Morgan fingerprint density at radius 1 is 1.45 bits per heavy atom. The number of nitrogens with two attached hydrogens (primary N) is 1. The van der Waals surface area contributed by atoms with Gasteiger partial charge in [-0.05, 0) is 24.5 Å². The molecule has 0 aliphatic rings. The maximum Gasteiger partial charge on any atom is 0.0461 e. The first-order chi connectivity index (χ1) is 5.24. The molecule has 60 valence electrons. The fourth-order valence-electron chi connectivity index (χ4n) is 0.670. The zero-order valence-corrected chi connectivity index (χ0v) is 9.22. The smallest absolute Gasteiger partial charge is 0.0461 e. The molecule has 1 nitrogen and oxygen atoms in total. The maximum atomic E-state index is 5.72. The highest BCUT2D eigenvalue weighted by atomic mass is 79.9. The molecule has 0 saturated heterocycles.